The van der Waals surface area contributed by atoms with E-state index in [9.17, 15) is 5.11 Å². The molecule has 2 nitrogen and oxygen atoms in total. The van der Waals surface area contributed by atoms with E-state index in [0.717, 1.165) is 27.5 Å². The van der Waals surface area contributed by atoms with E-state index in [1.165, 1.54) is 5.56 Å². The summed E-state index contributed by atoms with van der Waals surface area (Å²) in [5, 5.41) is 12.8. The van der Waals surface area contributed by atoms with Gasteiger partial charge in [0.05, 0.1) is 0 Å². The molecule has 0 heterocycles. The lowest BCUT2D eigenvalue weighted by Crippen LogP contribution is -2.16. The Morgan fingerprint density at radius 1 is 1.10 bits per heavy atom. The monoisotopic (exact) mass is 397 g/mol. The van der Waals surface area contributed by atoms with E-state index in [1.807, 2.05) is 24.3 Å². The van der Waals surface area contributed by atoms with Crippen molar-refractivity contribution >= 4 is 37.5 Å². The first-order valence-corrected chi connectivity index (χ1v) is 8.12. The molecule has 4 heteroatoms. The first-order chi connectivity index (χ1) is 9.54. The lowest BCUT2D eigenvalue weighted by atomic mass is 10.1. The fourth-order valence-corrected chi connectivity index (χ4v) is 2.71. The molecule has 0 aliphatic rings. The quantitative estimate of drug-likeness (QED) is 0.711. The summed E-state index contributed by atoms with van der Waals surface area (Å²) >= 11 is 7.04. The maximum Gasteiger partial charge on any atom is 0.115 e. The van der Waals surface area contributed by atoms with E-state index in [-0.39, 0.29) is 0 Å². The van der Waals surface area contributed by atoms with Gasteiger partial charge in [-0.3, -0.25) is 0 Å². The van der Waals surface area contributed by atoms with Gasteiger partial charge in [0, 0.05) is 20.7 Å². The first-order valence-electron chi connectivity index (χ1n) is 6.54. The minimum Gasteiger partial charge on any atom is -0.508 e. The fraction of sp³-hybridized carbons (Fsp3) is 0.250. The van der Waals surface area contributed by atoms with Gasteiger partial charge in [0.15, 0.2) is 0 Å². The molecule has 2 aromatic rings. The molecule has 0 radical (unpaired) electrons. The van der Waals surface area contributed by atoms with Crippen molar-refractivity contribution in [1.29, 1.82) is 0 Å². The SMILES string of the molecule is CC(CCc1ccc(O)cc1)Nc1cc(Br)ccc1Br. The van der Waals surface area contributed by atoms with Gasteiger partial charge in [-0.15, -0.1) is 0 Å². The Hall–Kier alpha value is -1.000. The molecule has 0 bridgehead atoms. The van der Waals surface area contributed by atoms with Gasteiger partial charge in [-0.05, 0) is 71.6 Å². The van der Waals surface area contributed by atoms with Crippen LogP contribution in [0.2, 0.25) is 0 Å². The van der Waals surface area contributed by atoms with Crippen LogP contribution >= 0.6 is 31.9 Å². The summed E-state index contributed by atoms with van der Waals surface area (Å²) in [5.74, 6) is 0.318. The van der Waals surface area contributed by atoms with E-state index < -0.39 is 0 Å². The molecule has 0 aliphatic carbocycles. The van der Waals surface area contributed by atoms with Crippen LogP contribution in [-0.4, -0.2) is 11.1 Å². The van der Waals surface area contributed by atoms with Gasteiger partial charge in [0.25, 0.3) is 0 Å². The zero-order valence-corrected chi connectivity index (χ0v) is 14.4. The molecule has 2 N–H and O–H groups in total. The van der Waals surface area contributed by atoms with Crippen LogP contribution in [0.1, 0.15) is 18.9 Å². The van der Waals surface area contributed by atoms with Crippen LogP contribution in [0, 0.1) is 0 Å². The summed E-state index contributed by atoms with van der Waals surface area (Å²) in [6.45, 7) is 2.17. The number of anilines is 1. The van der Waals surface area contributed by atoms with E-state index in [0.29, 0.717) is 11.8 Å². The van der Waals surface area contributed by atoms with Crippen LogP contribution < -0.4 is 5.32 Å². The van der Waals surface area contributed by atoms with Crippen molar-refractivity contribution in [2.24, 2.45) is 0 Å². The standard InChI is InChI=1S/C16H17Br2NO/c1-11(2-3-12-4-7-14(20)8-5-12)19-16-10-13(17)6-9-15(16)18/h4-11,19-20H,2-3H2,1H3. The van der Waals surface area contributed by atoms with Crippen LogP contribution in [0.15, 0.2) is 51.4 Å². The second-order valence-corrected chi connectivity index (χ2v) is 6.64. The molecule has 106 valence electrons. The van der Waals surface area contributed by atoms with Crippen molar-refractivity contribution in [2.75, 3.05) is 5.32 Å². The molecule has 2 rings (SSSR count). The lowest BCUT2D eigenvalue weighted by molar-refractivity contribution is 0.475. The number of aryl methyl sites for hydroxylation is 1. The molecule has 0 amide bonds. The molecule has 0 spiro atoms. The molecule has 0 saturated carbocycles. The number of aromatic hydroxyl groups is 1. The minimum atomic E-state index is 0.318. The number of phenols is 1. The molecule has 20 heavy (non-hydrogen) atoms. The van der Waals surface area contributed by atoms with Gasteiger partial charge >= 0.3 is 0 Å². The van der Waals surface area contributed by atoms with Gasteiger partial charge in [-0.1, -0.05) is 28.1 Å². The number of rotatable bonds is 5. The van der Waals surface area contributed by atoms with Crippen molar-refractivity contribution in [3.05, 3.63) is 57.0 Å². The highest BCUT2D eigenvalue weighted by molar-refractivity contribution is 9.11. The van der Waals surface area contributed by atoms with Crippen LogP contribution in [0.5, 0.6) is 5.75 Å². The number of hydrogen-bond donors (Lipinski definition) is 2. The molecule has 0 saturated heterocycles. The molecular weight excluding hydrogens is 382 g/mol. The number of hydrogen-bond acceptors (Lipinski definition) is 2. The normalized spacial score (nSPS) is 12.2. The summed E-state index contributed by atoms with van der Waals surface area (Å²) in [6.07, 6.45) is 2.02. The summed E-state index contributed by atoms with van der Waals surface area (Å²) in [4.78, 5) is 0. The average Bonchev–Trinajstić information content (AvgIpc) is 2.42. The van der Waals surface area contributed by atoms with Crippen LogP contribution in [0.25, 0.3) is 0 Å². The van der Waals surface area contributed by atoms with Gasteiger partial charge < -0.3 is 10.4 Å². The Morgan fingerprint density at radius 2 is 1.80 bits per heavy atom. The maximum absolute atomic E-state index is 9.26. The molecule has 0 aromatic heterocycles. The number of phenolic OH excluding ortho intramolecular Hbond substituents is 1. The minimum absolute atomic E-state index is 0.318. The summed E-state index contributed by atoms with van der Waals surface area (Å²) in [5.41, 5.74) is 2.34. The Bertz CT molecular complexity index is 569. The summed E-state index contributed by atoms with van der Waals surface area (Å²) in [6, 6.07) is 13.9. The van der Waals surface area contributed by atoms with Gasteiger partial charge in [0.2, 0.25) is 0 Å². The topological polar surface area (TPSA) is 32.3 Å². The fourth-order valence-electron chi connectivity index (χ4n) is 1.99. The van der Waals surface area contributed by atoms with E-state index in [1.54, 1.807) is 12.1 Å². The Kier molecular flexibility index (Phi) is 5.49. The average molecular weight is 399 g/mol. The highest BCUT2D eigenvalue weighted by Gasteiger charge is 2.06. The largest absolute Gasteiger partial charge is 0.508 e. The number of nitrogens with one attached hydrogen (secondary N) is 1. The third-order valence-electron chi connectivity index (χ3n) is 3.13. The lowest BCUT2D eigenvalue weighted by Gasteiger charge is -2.17. The summed E-state index contributed by atoms with van der Waals surface area (Å²) < 4.78 is 2.13. The van der Waals surface area contributed by atoms with Crippen molar-refractivity contribution in [3.8, 4) is 5.75 Å². The number of halogens is 2. The highest BCUT2D eigenvalue weighted by atomic mass is 79.9. The molecule has 2 aromatic carbocycles. The first kappa shape index (κ1) is 15.4. The van der Waals surface area contributed by atoms with Gasteiger partial charge in [0.1, 0.15) is 5.75 Å². The maximum atomic E-state index is 9.26. The zero-order valence-electron chi connectivity index (χ0n) is 11.2. The third-order valence-corrected chi connectivity index (χ3v) is 4.32. The predicted octanol–water partition coefficient (Wildman–Crippen LogP) is 5.35. The molecule has 1 unspecified atom stereocenters. The summed E-state index contributed by atoms with van der Waals surface area (Å²) in [7, 11) is 0. The van der Waals surface area contributed by atoms with E-state index in [4.69, 9.17) is 0 Å². The molecule has 1 atom stereocenters. The predicted molar refractivity (Wildman–Crippen MR) is 91.4 cm³/mol. The van der Waals surface area contributed by atoms with Crippen LogP contribution in [-0.2, 0) is 6.42 Å². The van der Waals surface area contributed by atoms with Crippen molar-refractivity contribution in [2.45, 2.75) is 25.8 Å². The third kappa shape index (κ3) is 4.53. The van der Waals surface area contributed by atoms with Gasteiger partial charge in [-0.2, -0.15) is 0 Å². The van der Waals surface area contributed by atoms with Crippen molar-refractivity contribution in [3.63, 3.8) is 0 Å². The van der Waals surface area contributed by atoms with Crippen LogP contribution in [0.4, 0.5) is 5.69 Å². The molecule has 0 aliphatic heterocycles. The second kappa shape index (κ2) is 7.14. The molecular formula is C16H17Br2NO. The van der Waals surface area contributed by atoms with E-state index >= 15 is 0 Å². The molecule has 0 fully saturated rings. The Balaban J connectivity index is 1.90. The smallest absolute Gasteiger partial charge is 0.115 e. The highest BCUT2D eigenvalue weighted by Crippen LogP contribution is 2.27. The Labute approximate surface area is 136 Å². The zero-order chi connectivity index (χ0) is 14.5. The Morgan fingerprint density at radius 3 is 2.50 bits per heavy atom. The van der Waals surface area contributed by atoms with Crippen molar-refractivity contribution in [1.82, 2.24) is 0 Å². The number of benzene rings is 2. The van der Waals surface area contributed by atoms with E-state index in [2.05, 4.69) is 50.2 Å². The van der Waals surface area contributed by atoms with Crippen LogP contribution in [0.3, 0.4) is 0 Å². The van der Waals surface area contributed by atoms with Gasteiger partial charge in [-0.25, -0.2) is 0 Å². The van der Waals surface area contributed by atoms with Crippen molar-refractivity contribution < 1.29 is 5.11 Å². The second-order valence-electron chi connectivity index (χ2n) is 4.87.